The van der Waals surface area contributed by atoms with Gasteiger partial charge in [0.15, 0.2) is 5.16 Å². The number of hydrogen-bond acceptors (Lipinski definition) is 9. The summed E-state index contributed by atoms with van der Waals surface area (Å²) >= 11 is 4.72. The molecule has 0 radical (unpaired) electrons. The van der Waals surface area contributed by atoms with Crippen molar-refractivity contribution < 1.29 is 14.5 Å². The summed E-state index contributed by atoms with van der Waals surface area (Å²) in [4.78, 5) is 28.6. The lowest BCUT2D eigenvalue weighted by Crippen LogP contribution is -1.96. The summed E-state index contributed by atoms with van der Waals surface area (Å²) < 4.78 is 5.91. The van der Waals surface area contributed by atoms with Crippen molar-refractivity contribution in [3.05, 3.63) is 75.5 Å². The van der Waals surface area contributed by atoms with Gasteiger partial charge in [-0.05, 0) is 63.2 Å². The topological polar surface area (TPSA) is 112 Å². The largest absolute Gasteiger partial charge is 0.435 e. The molecular formula is C18H12BrN5O4S. The van der Waals surface area contributed by atoms with Crippen LogP contribution in [0.4, 0.5) is 11.4 Å². The molecule has 1 heterocycles. The number of nitro groups is 1. The molecule has 1 aromatic heterocycles. The van der Waals surface area contributed by atoms with Crippen molar-refractivity contribution in [3.8, 4) is 5.75 Å². The second-order valence-electron chi connectivity index (χ2n) is 5.17. The number of hydrogen-bond donors (Lipinski definition) is 0. The molecule has 0 aliphatic carbocycles. The molecule has 0 spiro atoms. The molecule has 0 saturated carbocycles. The molecule has 0 aliphatic heterocycles. The standard InChI is InChI=1S/C18H12BrN5O4S/c19-13-9-20-18(21-10-13)29-15-7-5-14(6-8-15)22-11-28-23-12-27-17-4-2-1-3-16(17)24(25)26/h1-12H/b22-11?,23-12+. The number of nitrogens with zero attached hydrogens (tertiary/aromatic N) is 5. The molecule has 0 saturated heterocycles. The van der Waals surface area contributed by atoms with Crippen LogP contribution in [0.25, 0.3) is 0 Å². The summed E-state index contributed by atoms with van der Waals surface area (Å²) in [6, 6.07) is 13.3. The Morgan fingerprint density at radius 3 is 2.52 bits per heavy atom. The second kappa shape index (κ2) is 10.3. The molecule has 0 bridgehead atoms. The van der Waals surface area contributed by atoms with Crippen LogP contribution in [0.2, 0.25) is 0 Å². The highest BCUT2D eigenvalue weighted by molar-refractivity contribution is 9.10. The van der Waals surface area contributed by atoms with E-state index in [2.05, 4.69) is 36.0 Å². The van der Waals surface area contributed by atoms with Crippen molar-refractivity contribution in [2.45, 2.75) is 10.1 Å². The maximum absolute atomic E-state index is 10.9. The van der Waals surface area contributed by atoms with Gasteiger partial charge in [0.05, 0.1) is 15.1 Å². The highest BCUT2D eigenvalue weighted by Crippen LogP contribution is 2.27. The number of halogens is 1. The van der Waals surface area contributed by atoms with E-state index in [0.29, 0.717) is 10.8 Å². The Labute approximate surface area is 177 Å². The second-order valence-corrected chi connectivity index (χ2v) is 7.13. The van der Waals surface area contributed by atoms with E-state index in [1.807, 2.05) is 12.1 Å². The van der Waals surface area contributed by atoms with E-state index in [9.17, 15) is 10.1 Å². The minimum Gasteiger partial charge on any atom is -0.435 e. The van der Waals surface area contributed by atoms with Gasteiger partial charge in [-0.3, -0.25) is 10.1 Å². The number of aliphatic imine (C=N–C) groups is 1. The number of para-hydroxylation sites is 2. The molecule has 11 heteroatoms. The van der Waals surface area contributed by atoms with Gasteiger partial charge in [0.2, 0.25) is 18.6 Å². The Morgan fingerprint density at radius 2 is 1.79 bits per heavy atom. The van der Waals surface area contributed by atoms with Gasteiger partial charge in [0, 0.05) is 23.4 Å². The Bertz CT molecular complexity index is 1030. The van der Waals surface area contributed by atoms with Crippen LogP contribution in [0, 0.1) is 10.1 Å². The van der Waals surface area contributed by atoms with Gasteiger partial charge in [-0.15, -0.1) is 0 Å². The first kappa shape index (κ1) is 20.4. The number of ether oxygens (including phenoxy) is 1. The van der Waals surface area contributed by atoms with E-state index in [1.165, 1.54) is 23.9 Å². The average Bonchev–Trinajstić information content (AvgIpc) is 2.73. The smallest absolute Gasteiger partial charge is 0.311 e. The molecule has 0 fully saturated rings. The Morgan fingerprint density at radius 1 is 1.07 bits per heavy atom. The van der Waals surface area contributed by atoms with E-state index in [0.717, 1.165) is 22.2 Å². The minimum absolute atomic E-state index is 0.0598. The molecule has 146 valence electrons. The van der Waals surface area contributed by atoms with Crippen LogP contribution in [-0.4, -0.2) is 27.7 Å². The number of aromatic nitrogens is 2. The van der Waals surface area contributed by atoms with Crippen LogP contribution in [0.1, 0.15) is 0 Å². The summed E-state index contributed by atoms with van der Waals surface area (Å²) in [7, 11) is 0. The fourth-order valence-electron chi connectivity index (χ4n) is 1.98. The summed E-state index contributed by atoms with van der Waals surface area (Å²) in [6.07, 6.45) is 5.45. The van der Waals surface area contributed by atoms with Crippen LogP contribution < -0.4 is 4.74 Å². The summed E-state index contributed by atoms with van der Waals surface area (Å²) in [5, 5.41) is 15.0. The van der Waals surface area contributed by atoms with Crippen molar-refractivity contribution in [3.63, 3.8) is 0 Å². The number of benzene rings is 2. The molecule has 29 heavy (non-hydrogen) atoms. The zero-order valence-electron chi connectivity index (χ0n) is 14.6. The molecule has 0 N–H and O–H groups in total. The Balaban J connectivity index is 1.48. The quantitative estimate of drug-likeness (QED) is 0.149. The zero-order valence-corrected chi connectivity index (χ0v) is 17.0. The summed E-state index contributed by atoms with van der Waals surface area (Å²) in [6.45, 7) is 0. The fourth-order valence-corrected chi connectivity index (χ4v) is 2.88. The normalized spacial score (nSPS) is 11.1. The predicted octanol–water partition coefficient (Wildman–Crippen LogP) is 5.00. The lowest BCUT2D eigenvalue weighted by Gasteiger charge is -2.00. The number of nitro benzene ring substituents is 1. The molecule has 3 rings (SSSR count). The predicted molar refractivity (Wildman–Crippen MR) is 112 cm³/mol. The third-order valence-corrected chi connectivity index (χ3v) is 4.55. The maximum atomic E-state index is 10.9. The molecule has 2 aromatic carbocycles. The van der Waals surface area contributed by atoms with Crippen LogP contribution in [0.15, 0.2) is 85.6 Å². The van der Waals surface area contributed by atoms with Gasteiger partial charge in [-0.25, -0.2) is 15.0 Å². The SMILES string of the molecule is O=[N+]([O-])c1ccccc1O/C=N/OC=Nc1ccc(Sc2ncc(Br)cn2)cc1. The molecule has 9 nitrogen and oxygen atoms in total. The van der Waals surface area contributed by atoms with Crippen LogP contribution >= 0.6 is 27.7 Å². The first-order chi connectivity index (χ1) is 14.1. The number of rotatable bonds is 8. The van der Waals surface area contributed by atoms with E-state index in [4.69, 9.17) is 9.57 Å². The minimum atomic E-state index is -0.545. The zero-order chi connectivity index (χ0) is 20.5. The van der Waals surface area contributed by atoms with Gasteiger partial charge in [-0.2, -0.15) is 0 Å². The van der Waals surface area contributed by atoms with Crippen molar-refractivity contribution >= 4 is 51.9 Å². The van der Waals surface area contributed by atoms with Crippen LogP contribution in [-0.2, 0) is 4.84 Å². The molecular weight excluding hydrogens is 462 g/mol. The molecule has 0 amide bonds. The number of oxime groups is 1. The van der Waals surface area contributed by atoms with Gasteiger partial charge < -0.3 is 9.57 Å². The average molecular weight is 474 g/mol. The van der Waals surface area contributed by atoms with Gasteiger partial charge >= 0.3 is 5.69 Å². The lowest BCUT2D eigenvalue weighted by atomic mass is 10.3. The van der Waals surface area contributed by atoms with Gasteiger partial charge in [0.25, 0.3) is 0 Å². The van der Waals surface area contributed by atoms with Crippen molar-refractivity contribution in [1.29, 1.82) is 0 Å². The van der Waals surface area contributed by atoms with Gasteiger partial charge in [0.1, 0.15) is 0 Å². The Kier molecular flexibility index (Phi) is 7.25. The highest BCUT2D eigenvalue weighted by atomic mass is 79.9. The van der Waals surface area contributed by atoms with Crippen molar-refractivity contribution in [2.75, 3.05) is 0 Å². The first-order valence-electron chi connectivity index (χ1n) is 7.97. The van der Waals surface area contributed by atoms with E-state index in [1.54, 1.807) is 36.7 Å². The van der Waals surface area contributed by atoms with Crippen LogP contribution in [0.5, 0.6) is 5.75 Å². The lowest BCUT2D eigenvalue weighted by molar-refractivity contribution is -0.385. The highest BCUT2D eigenvalue weighted by Gasteiger charge is 2.12. The van der Waals surface area contributed by atoms with E-state index >= 15 is 0 Å². The third-order valence-electron chi connectivity index (χ3n) is 3.24. The van der Waals surface area contributed by atoms with E-state index in [-0.39, 0.29) is 11.4 Å². The van der Waals surface area contributed by atoms with Gasteiger partial charge in [-0.1, -0.05) is 12.1 Å². The van der Waals surface area contributed by atoms with E-state index < -0.39 is 4.92 Å². The molecule has 0 unspecified atom stereocenters. The Hall–Kier alpha value is -3.31. The molecule has 3 aromatic rings. The first-order valence-corrected chi connectivity index (χ1v) is 9.58. The van der Waals surface area contributed by atoms with Crippen LogP contribution in [0.3, 0.4) is 0 Å². The summed E-state index contributed by atoms with van der Waals surface area (Å²) in [5.74, 6) is 0.0598. The third kappa shape index (κ3) is 6.36. The van der Waals surface area contributed by atoms with Crippen molar-refractivity contribution in [2.24, 2.45) is 10.1 Å². The summed E-state index contributed by atoms with van der Waals surface area (Å²) in [5.41, 5.74) is 0.486. The molecule has 0 aliphatic rings. The maximum Gasteiger partial charge on any atom is 0.311 e. The molecule has 0 atom stereocenters. The monoisotopic (exact) mass is 473 g/mol. The van der Waals surface area contributed by atoms with Crippen molar-refractivity contribution in [1.82, 2.24) is 9.97 Å². The fraction of sp³-hybridized carbons (Fsp3) is 0.